The third kappa shape index (κ3) is 3.00. The monoisotopic (exact) mass is 417 g/mol. The van der Waals surface area contributed by atoms with Gasteiger partial charge in [0.15, 0.2) is 5.84 Å². The number of hydrogen-bond acceptors (Lipinski definition) is 6. The van der Waals surface area contributed by atoms with E-state index in [1.54, 1.807) is 34.2 Å². The number of para-hydroxylation sites is 1. The predicted octanol–water partition coefficient (Wildman–Crippen LogP) is 3.38. The molecule has 7 nitrogen and oxygen atoms in total. The van der Waals surface area contributed by atoms with Crippen molar-refractivity contribution in [3.63, 3.8) is 0 Å². The molecule has 2 aromatic heterocycles. The van der Waals surface area contributed by atoms with Crippen molar-refractivity contribution in [1.29, 1.82) is 0 Å². The zero-order valence-electron chi connectivity index (χ0n) is 15.3. The predicted molar refractivity (Wildman–Crippen MR) is 111 cm³/mol. The molecule has 4 rings (SSSR count). The molecular formula is C19H19N3O4S2. The highest BCUT2D eigenvalue weighted by Gasteiger charge is 2.30. The van der Waals surface area contributed by atoms with Crippen LogP contribution in [0.5, 0.6) is 5.75 Å². The van der Waals surface area contributed by atoms with Gasteiger partial charge in [-0.05, 0) is 35.9 Å². The maximum atomic E-state index is 13.3. The summed E-state index contributed by atoms with van der Waals surface area (Å²) in [6.07, 6.45) is 0.765. The van der Waals surface area contributed by atoms with E-state index in [1.165, 1.54) is 17.4 Å². The molecule has 0 bridgehead atoms. The van der Waals surface area contributed by atoms with E-state index in [0.29, 0.717) is 28.4 Å². The highest BCUT2D eigenvalue weighted by Crippen LogP contribution is 2.35. The number of aromatic nitrogens is 1. The van der Waals surface area contributed by atoms with Crippen molar-refractivity contribution in [2.45, 2.75) is 31.7 Å². The number of pyridine rings is 1. The maximum Gasteiger partial charge on any atom is 0.287 e. The number of amidine groups is 1. The van der Waals surface area contributed by atoms with Gasteiger partial charge in [0.2, 0.25) is 0 Å². The molecule has 9 heteroatoms. The molecule has 146 valence electrons. The molecule has 3 aromatic rings. The lowest BCUT2D eigenvalue weighted by Gasteiger charge is -2.19. The molecule has 1 aliphatic rings. The van der Waals surface area contributed by atoms with Crippen LogP contribution < -0.4 is 10.9 Å². The van der Waals surface area contributed by atoms with Gasteiger partial charge in [0.25, 0.3) is 15.6 Å². The van der Waals surface area contributed by atoms with Crippen LogP contribution in [0.1, 0.15) is 25.8 Å². The number of nitrogens with zero attached hydrogens (tertiary/aromatic N) is 2. The lowest BCUT2D eigenvalue weighted by Crippen LogP contribution is -2.32. The van der Waals surface area contributed by atoms with Crippen LogP contribution in [0.3, 0.4) is 0 Å². The summed E-state index contributed by atoms with van der Waals surface area (Å²) in [5.41, 5.74) is -0.00568. The maximum absolute atomic E-state index is 13.3. The lowest BCUT2D eigenvalue weighted by molar-refractivity contribution is 0.474. The van der Waals surface area contributed by atoms with Crippen LogP contribution in [-0.2, 0) is 16.6 Å². The van der Waals surface area contributed by atoms with Crippen LogP contribution in [0, 0.1) is 5.92 Å². The average molecular weight is 418 g/mol. The number of fused-ring (bicyclic) bond motifs is 2. The number of aryl methyl sites for hydroxylation is 1. The van der Waals surface area contributed by atoms with Crippen LogP contribution >= 0.6 is 11.3 Å². The van der Waals surface area contributed by atoms with Gasteiger partial charge in [0, 0.05) is 11.9 Å². The highest BCUT2D eigenvalue weighted by atomic mass is 32.2. The lowest BCUT2D eigenvalue weighted by atomic mass is 10.1. The molecule has 0 spiro atoms. The number of rotatable bonds is 4. The van der Waals surface area contributed by atoms with Gasteiger partial charge in [-0.25, -0.2) is 0 Å². The summed E-state index contributed by atoms with van der Waals surface area (Å²) in [6.45, 7) is 4.58. The normalized spacial score (nSPS) is 15.3. The first-order valence-electron chi connectivity index (χ1n) is 8.84. The van der Waals surface area contributed by atoms with Crippen molar-refractivity contribution in [3.05, 3.63) is 51.6 Å². The first-order chi connectivity index (χ1) is 13.3. The molecule has 1 aromatic carbocycles. The van der Waals surface area contributed by atoms with Crippen LogP contribution in [0.15, 0.2) is 49.8 Å². The van der Waals surface area contributed by atoms with Gasteiger partial charge in [-0.3, -0.25) is 4.79 Å². The third-order valence-corrected chi connectivity index (χ3v) is 6.94. The van der Waals surface area contributed by atoms with Crippen molar-refractivity contribution < 1.29 is 13.5 Å². The van der Waals surface area contributed by atoms with Crippen molar-refractivity contribution in [3.8, 4) is 5.75 Å². The van der Waals surface area contributed by atoms with Gasteiger partial charge < -0.3 is 15.0 Å². The van der Waals surface area contributed by atoms with E-state index >= 15 is 0 Å². The second-order valence-electron chi connectivity index (χ2n) is 7.03. The number of hydrogen-bond donors (Lipinski definition) is 2. The zero-order chi connectivity index (χ0) is 20.1. The van der Waals surface area contributed by atoms with Crippen LogP contribution in [0.2, 0.25) is 0 Å². The molecule has 2 N–H and O–H groups in total. The Kier molecular flexibility index (Phi) is 4.51. The summed E-state index contributed by atoms with van der Waals surface area (Å²) in [6, 6.07) is 8.49. The molecule has 0 atom stereocenters. The van der Waals surface area contributed by atoms with Crippen molar-refractivity contribution in [1.82, 2.24) is 4.57 Å². The Labute approximate surface area is 166 Å². The number of sulfonamides is 1. The molecule has 0 radical (unpaired) electrons. The second-order valence-corrected chi connectivity index (χ2v) is 9.52. The van der Waals surface area contributed by atoms with E-state index in [2.05, 4.69) is 23.6 Å². The molecule has 0 fully saturated rings. The minimum absolute atomic E-state index is 0.0710. The molecule has 0 saturated carbocycles. The van der Waals surface area contributed by atoms with Crippen LogP contribution in [0.4, 0.5) is 5.00 Å². The smallest absolute Gasteiger partial charge is 0.287 e. The first-order valence-corrected chi connectivity index (χ1v) is 11.2. The minimum Gasteiger partial charge on any atom is -0.506 e. The van der Waals surface area contributed by atoms with Gasteiger partial charge in [-0.1, -0.05) is 26.0 Å². The number of benzene rings is 1. The van der Waals surface area contributed by atoms with Gasteiger partial charge >= 0.3 is 0 Å². The summed E-state index contributed by atoms with van der Waals surface area (Å²) in [5, 5.41) is 16.2. The molecule has 1 aliphatic heterocycles. The van der Waals surface area contributed by atoms with Gasteiger partial charge in [-0.2, -0.15) is 8.42 Å². The summed E-state index contributed by atoms with van der Waals surface area (Å²) in [7, 11) is -3.94. The molecular weight excluding hydrogens is 398 g/mol. The van der Waals surface area contributed by atoms with Crippen LogP contribution in [0.25, 0.3) is 10.9 Å². The number of aromatic hydroxyl groups is 1. The van der Waals surface area contributed by atoms with Crippen molar-refractivity contribution in [2.24, 2.45) is 10.3 Å². The van der Waals surface area contributed by atoms with E-state index in [0.717, 1.165) is 6.42 Å². The SMILES string of the molecule is CC(C)CCn1c(=O)c(C2=NS(=O)(=O)c3ccsc3N2)c(O)c2ccccc21. The molecule has 0 unspecified atom stereocenters. The Morgan fingerprint density at radius 1 is 1.25 bits per heavy atom. The Hall–Kier alpha value is -2.65. The van der Waals surface area contributed by atoms with Gasteiger partial charge in [0.05, 0.1) is 5.52 Å². The van der Waals surface area contributed by atoms with Crippen molar-refractivity contribution >= 4 is 43.1 Å². The number of anilines is 1. The van der Waals surface area contributed by atoms with Gasteiger partial charge in [0.1, 0.15) is 21.2 Å². The Bertz CT molecular complexity index is 1270. The van der Waals surface area contributed by atoms with E-state index < -0.39 is 15.6 Å². The Morgan fingerprint density at radius 2 is 2.00 bits per heavy atom. The van der Waals surface area contributed by atoms with Crippen molar-refractivity contribution in [2.75, 3.05) is 5.32 Å². The third-order valence-electron chi connectivity index (χ3n) is 4.66. The summed E-state index contributed by atoms with van der Waals surface area (Å²) in [4.78, 5) is 13.3. The quantitative estimate of drug-likeness (QED) is 0.678. The molecule has 0 aliphatic carbocycles. The molecule has 0 amide bonds. The topological polar surface area (TPSA) is 101 Å². The molecule has 0 saturated heterocycles. The first kappa shape index (κ1) is 18.7. The minimum atomic E-state index is -3.94. The molecule has 28 heavy (non-hydrogen) atoms. The Balaban J connectivity index is 1.98. The van der Waals surface area contributed by atoms with E-state index in [-0.39, 0.29) is 22.0 Å². The standard InChI is InChI=1S/C19H19N3O4S2/c1-11(2)7-9-22-13-6-4-3-5-12(13)16(23)15(19(22)24)17-20-18-14(8-10-27-18)28(25,26)21-17/h3-6,8,10-11,23H,7,9H2,1-2H3,(H,20,21). The highest BCUT2D eigenvalue weighted by molar-refractivity contribution is 7.90. The fraction of sp³-hybridized carbons (Fsp3) is 0.263. The van der Waals surface area contributed by atoms with Crippen LogP contribution in [-0.4, -0.2) is 23.9 Å². The van der Waals surface area contributed by atoms with E-state index in [4.69, 9.17) is 0 Å². The largest absolute Gasteiger partial charge is 0.506 e. The zero-order valence-corrected chi connectivity index (χ0v) is 17.0. The fourth-order valence-electron chi connectivity index (χ4n) is 3.21. The van der Waals surface area contributed by atoms with E-state index in [1.807, 2.05) is 0 Å². The summed E-state index contributed by atoms with van der Waals surface area (Å²) < 4.78 is 30.3. The fourth-order valence-corrected chi connectivity index (χ4v) is 5.44. The average Bonchev–Trinajstić information content (AvgIpc) is 3.11. The van der Waals surface area contributed by atoms with Gasteiger partial charge in [-0.15, -0.1) is 15.7 Å². The molecule has 3 heterocycles. The number of nitrogens with one attached hydrogen (secondary N) is 1. The Morgan fingerprint density at radius 3 is 2.75 bits per heavy atom. The summed E-state index contributed by atoms with van der Waals surface area (Å²) >= 11 is 1.20. The second kappa shape index (κ2) is 6.75. The summed E-state index contributed by atoms with van der Waals surface area (Å²) in [5.74, 6) is -0.0496. The van der Waals surface area contributed by atoms with E-state index in [9.17, 15) is 18.3 Å². The number of thiophene rings is 1.